The maximum Gasteiger partial charge on any atom is 0.283 e. The first-order valence-electron chi connectivity index (χ1n) is 12.2. The van der Waals surface area contributed by atoms with Crippen LogP contribution in [0.15, 0.2) is 64.2 Å². The zero-order valence-electron chi connectivity index (χ0n) is 20.5. The number of hydrazone groups is 1. The SMILES string of the molecule is CCOc1cc(C=C2C(=N)N3N=C(CC(=O)N4CCCC4)SC3=NC2=O)ccc1OCc1ccccc1. The second kappa shape index (κ2) is 11.0. The minimum absolute atomic E-state index is 0.0100. The van der Waals surface area contributed by atoms with Gasteiger partial charge >= 0.3 is 0 Å². The number of carbonyl (C=O) groups excluding carboxylic acids is 2. The number of nitrogens with one attached hydrogen (secondary N) is 1. The summed E-state index contributed by atoms with van der Waals surface area (Å²) in [6.45, 7) is 4.26. The number of ether oxygens (including phenoxy) is 2. The van der Waals surface area contributed by atoms with Gasteiger partial charge < -0.3 is 14.4 Å². The molecule has 10 heteroatoms. The fraction of sp³-hybridized carbons (Fsp3) is 0.296. The third-order valence-electron chi connectivity index (χ3n) is 6.07. The third-order valence-corrected chi connectivity index (χ3v) is 6.98. The first-order valence-corrected chi connectivity index (χ1v) is 13.0. The quantitative estimate of drug-likeness (QED) is 0.524. The van der Waals surface area contributed by atoms with Crippen LogP contribution in [0, 0.1) is 5.41 Å². The highest BCUT2D eigenvalue weighted by atomic mass is 32.2. The average Bonchev–Trinajstić information content (AvgIpc) is 3.57. The first-order chi connectivity index (χ1) is 18.0. The molecule has 2 aromatic rings. The third kappa shape index (κ3) is 5.59. The van der Waals surface area contributed by atoms with E-state index in [1.54, 1.807) is 24.3 Å². The van der Waals surface area contributed by atoms with E-state index in [-0.39, 0.29) is 23.7 Å². The molecule has 9 nitrogen and oxygen atoms in total. The lowest BCUT2D eigenvalue weighted by Crippen LogP contribution is -2.35. The van der Waals surface area contributed by atoms with Gasteiger partial charge in [0.1, 0.15) is 11.7 Å². The van der Waals surface area contributed by atoms with Crippen molar-refractivity contribution in [2.45, 2.75) is 32.8 Å². The monoisotopic (exact) mass is 517 g/mol. The van der Waals surface area contributed by atoms with Crippen LogP contribution in [0.5, 0.6) is 11.5 Å². The molecule has 1 fully saturated rings. The van der Waals surface area contributed by atoms with Gasteiger partial charge in [-0.2, -0.15) is 15.1 Å². The van der Waals surface area contributed by atoms with Crippen LogP contribution in [0.4, 0.5) is 0 Å². The minimum Gasteiger partial charge on any atom is -0.490 e. The number of thioether (sulfide) groups is 1. The Balaban J connectivity index is 1.33. The van der Waals surface area contributed by atoms with Gasteiger partial charge in [0.05, 0.1) is 18.6 Å². The molecule has 2 amide bonds. The summed E-state index contributed by atoms with van der Waals surface area (Å²) in [5, 5.41) is 15.2. The van der Waals surface area contributed by atoms with E-state index in [1.165, 1.54) is 16.8 Å². The van der Waals surface area contributed by atoms with Crippen LogP contribution in [0.1, 0.15) is 37.3 Å². The van der Waals surface area contributed by atoms with Gasteiger partial charge in [-0.1, -0.05) is 36.4 Å². The molecular weight excluding hydrogens is 490 g/mol. The molecule has 0 atom stereocenters. The maximum absolute atomic E-state index is 12.8. The summed E-state index contributed by atoms with van der Waals surface area (Å²) in [5.41, 5.74) is 1.82. The molecule has 0 saturated carbocycles. The summed E-state index contributed by atoms with van der Waals surface area (Å²) >= 11 is 1.17. The van der Waals surface area contributed by atoms with Crippen molar-refractivity contribution in [1.82, 2.24) is 9.91 Å². The minimum atomic E-state index is -0.520. The van der Waals surface area contributed by atoms with E-state index in [9.17, 15) is 9.59 Å². The van der Waals surface area contributed by atoms with E-state index < -0.39 is 5.91 Å². The molecule has 0 radical (unpaired) electrons. The number of likely N-dealkylation sites (tertiary alicyclic amines) is 1. The van der Waals surface area contributed by atoms with E-state index in [0.717, 1.165) is 31.5 Å². The number of hydrogen-bond acceptors (Lipinski definition) is 7. The Morgan fingerprint density at radius 1 is 1.11 bits per heavy atom. The van der Waals surface area contributed by atoms with Crippen LogP contribution >= 0.6 is 11.8 Å². The molecule has 3 aliphatic rings. The molecule has 2 aromatic carbocycles. The molecule has 3 aliphatic heterocycles. The van der Waals surface area contributed by atoms with Crippen molar-refractivity contribution < 1.29 is 19.1 Å². The molecular formula is C27H27N5O4S. The Hall–Kier alpha value is -3.92. The highest BCUT2D eigenvalue weighted by molar-refractivity contribution is 8.27. The highest BCUT2D eigenvalue weighted by Crippen LogP contribution is 2.33. The number of amides is 2. The molecule has 0 aliphatic carbocycles. The Bertz CT molecular complexity index is 1320. The second-order valence-corrected chi connectivity index (χ2v) is 9.73. The van der Waals surface area contributed by atoms with E-state index in [4.69, 9.17) is 14.9 Å². The number of hydrogen-bond donors (Lipinski definition) is 1. The molecule has 0 aromatic heterocycles. The lowest BCUT2D eigenvalue weighted by Gasteiger charge is -2.20. The van der Waals surface area contributed by atoms with Crippen molar-refractivity contribution in [2.75, 3.05) is 19.7 Å². The number of amidine groups is 2. The topological polar surface area (TPSA) is 108 Å². The summed E-state index contributed by atoms with van der Waals surface area (Å²) in [4.78, 5) is 31.3. The molecule has 0 spiro atoms. The molecule has 37 heavy (non-hydrogen) atoms. The van der Waals surface area contributed by atoms with E-state index >= 15 is 0 Å². The molecule has 1 N–H and O–H groups in total. The lowest BCUT2D eigenvalue weighted by atomic mass is 10.1. The lowest BCUT2D eigenvalue weighted by molar-refractivity contribution is -0.128. The van der Waals surface area contributed by atoms with Gasteiger partial charge in [0, 0.05) is 13.1 Å². The molecule has 3 heterocycles. The van der Waals surface area contributed by atoms with Crippen molar-refractivity contribution in [3.63, 3.8) is 0 Å². The summed E-state index contributed by atoms with van der Waals surface area (Å²) in [7, 11) is 0. The first kappa shape index (κ1) is 24.8. The smallest absolute Gasteiger partial charge is 0.283 e. The van der Waals surface area contributed by atoms with E-state index in [2.05, 4.69) is 10.1 Å². The molecule has 0 bridgehead atoms. The van der Waals surface area contributed by atoms with Gasteiger partial charge in [-0.25, -0.2) is 0 Å². The number of rotatable bonds is 8. The van der Waals surface area contributed by atoms with Gasteiger partial charge in [-0.05, 0) is 60.9 Å². The number of benzene rings is 2. The summed E-state index contributed by atoms with van der Waals surface area (Å²) < 4.78 is 11.7. The normalized spacial score (nSPS) is 18.1. The van der Waals surface area contributed by atoms with Crippen LogP contribution < -0.4 is 9.47 Å². The van der Waals surface area contributed by atoms with Crippen molar-refractivity contribution in [3.05, 3.63) is 65.2 Å². The number of nitrogens with zero attached hydrogens (tertiary/aromatic N) is 4. The van der Waals surface area contributed by atoms with Gasteiger partial charge in [-0.15, -0.1) is 0 Å². The summed E-state index contributed by atoms with van der Waals surface area (Å²) in [6, 6.07) is 15.2. The fourth-order valence-corrected chi connectivity index (χ4v) is 5.09. The van der Waals surface area contributed by atoms with Crippen LogP contribution in [-0.4, -0.2) is 57.5 Å². The van der Waals surface area contributed by atoms with Gasteiger partial charge in [0.25, 0.3) is 5.91 Å². The Morgan fingerprint density at radius 2 is 1.89 bits per heavy atom. The fourth-order valence-electron chi connectivity index (χ4n) is 4.21. The summed E-state index contributed by atoms with van der Waals surface area (Å²) in [5.74, 6) is 0.549. The van der Waals surface area contributed by atoms with Crippen molar-refractivity contribution in [3.8, 4) is 11.5 Å². The van der Waals surface area contributed by atoms with Gasteiger partial charge in [-0.3, -0.25) is 15.0 Å². The van der Waals surface area contributed by atoms with Crippen LogP contribution in [-0.2, 0) is 16.2 Å². The maximum atomic E-state index is 12.8. The predicted octanol–water partition coefficient (Wildman–Crippen LogP) is 4.30. The Labute approximate surface area is 219 Å². The zero-order valence-corrected chi connectivity index (χ0v) is 21.3. The molecule has 190 valence electrons. The van der Waals surface area contributed by atoms with E-state index in [1.807, 2.05) is 42.2 Å². The second-order valence-electron chi connectivity index (χ2n) is 8.69. The zero-order chi connectivity index (χ0) is 25.8. The predicted molar refractivity (Wildman–Crippen MR) is 144 cm³/mol. The number of carbonyl (C=O) groups is 2. The number of aliphatic imine (C=N–C) groups is 1. The molecule has 5 rings (SSSR count). The van der Waals surface area contributed by atoms with Crippen LogP contribution in [0.25, 0.3) is 6.08 Å². The molecule has 1 saturated heterocycles. The molecule has 0 unspecified atom stereocenters. The Kier molecular flexibility index (Phi) is 7.36. The van der Waals surface area contributed by atoms with Crippen molar-refractivity contribution in [1.29, 1.82) is 5.41 Å². The van der Waals surface area contributed by atoms with Crippen molar-refractivity contribution >= 4 is 45.7 Å². The summed E-state index contributed by atoms with van der Waals surface area (Å²) in [6.07, 6.45) is 3.77. The largest absolute Gasteiger partial charge is 0.490 e. The van der Waals surface area contributed by atoms with Gasteiger partial charge in [0.15, 0.2) is 17.3 Å². The highest BCUT2D eigenvalue weighted by Gasteiger charge is 2.36. The number of fused-ring (bicyclic) bond motifs is 1. The standard InChI is InChI=1S/C27H27N5O4S/c1-2-35-22-15-19(10-11-21(22)36-17-18-8-4-3-5-9-18)14-20-25(28)32-27(29-26(20)34)37-23(30-32)16-24(33)31-12-6-7-13-31/h3-5,8-11,14-15,28H,2,6-7,12-13,16-17H2,1H3. The average molecular weight is 518 g/mol. The Morgan fingerprint density at radius 3 is 2.65 bits per heavy atom. The van der Waals surface area contributed by atoms with Gasteiger partial charge in [0.2, 0.25) is 11.1 Å². The van der Waals surface area contributed by atoms with Crippen molar-refractivity contribution in [2.24, 2.45) is 10.1 Å². The van der Waals surface area contributed by atoms with Crippen LogP contribution in [0.2, 0.25) is 0 Å². The van der Waals surface area contributed by atoms with E-state index in [0.29, 0.717) is 40.5 Å². The van der Waals surface area contributed by atoms with Crippen LogP contribution in [0.3, 0.4) is 0 Å².